The van der Waals surface area contributed by atoms with E-state index >= 15 is 0 Å². The molecule has 4 nitrogen and oxygen atoms in total. The number of halogens is 1. The highest BCUT2D eigenvalue weighted by Crippen LogP contribution is 2.26. The van der Waals surface area contributed by atoms with Gasteiger partial charge in [0.05, 0.1) is 6.61 Å². The molecule has 0 unspecified atom stereocenters. The highest BCUT2D eigenvalue weighted by molar-refractivity contribution is 14.0. The fraction of sp³-hybridized carbons (Fsp3) is 0.421. The number of hydrogen-bond donors (Lipinski definition) is 2. The van der Waals surface area contributed by atoms with Crippen LogP contribution in [-0.2, 0) is 23.3 Å². The van der Waals surface area contributed by atoms with E-state index in [4.69, 9.17) is 4.74 Å². The molecule has 0 saturated heterocycles. The van der Waals surface area contributed by atoms with Crippen molar-refractivity contribution in [2.45, 2.75) is 32.4 Å². The maximum Gasteiger partial charge on any atom is 0.191 e. The van der Waals surface area contributed by atoms with Crippen LogP contribution in [0.3, 0.4) is 0 Å². The van der Waals surface area contributed by atoms with Crippen LogP contribution in [-0.4, -0.2) is 26.7 Å². The molecule has 0 atom stereocenters. The quantitative estimate of drug-likeness (QED) is 0.361. The molecule has 0 fully saturated rings. The number of benzene rings is 1. The minimum Gasteiger partial charge on any atom is -0.380 e. The number of thiophene rings is 1. The second-order valence-corrected chi connectivity index (χ2v) is 7.29. The zero-order valence-electron chi connectivity index (χ0n) is 15.3. The van der Waals surface area contributed by atoms with Crippen molar-refractivity contribution in [3.63, 3.8) is 0 Å². The van der Waals surface area contributed by atoms with Gasteiger partial charge in [-0.3, -0.25) is 4.99 Å². The highest BCUT2D eigenvalue weighted by Gasteiger charge is 2.21. The smallest absolute Gasteiger partial charge is 0.191 e. The van der Waals surface area contributed by atoms with Crippen LogP contribution in [0, 0.1) is 0 Å². The Bertz CT molecular complexity index is 656. The summed E-state index contributed by atoms with van der Waals surface area (Å²) in [6.07, 6.45) is 0. The Hall–Kier alpha value is -1.12. The molecule has 1 aromatic carbocycles. The number of nitrogens with one attached hydrogen (secondary N) is 2. The first kappa shape index (κ1) is 21.9. The van der Waals surface area contributed by atoms with Crippen molar-refractivity contribution in [2.24, 2.45) is 4.99 Å². The summed E-state index contributed by atoms with van der Waals surface area (Å²) >= 11 is 1.79. The molecule has 0 aliphatic heterocycles. The van der Waals surface area contributed by atoms with Gasteiger partial charge in [-0.25, -0.2) is 0 Å². The van der Waals surface area contributed by atoms with Crippen LogP contribution in [0.25, 0.3) is 0 Å². The van der Waals surface area contributed by atoms with Gasteiger partial charge in [-0.05, 0) is 22.6 Å². The first-order chi connectivity index (χ1) is 11.6. The Kier molecular flexibility index (Phi) is 9.45. The lowest BCUT2D eigenvalue weighted by molar-refractivity contribution is 0.184. The maximum atomic E-state index is 5.26. The summed E-state index contributed by atoms with van der Waals surface area (Å²) in [5, 5.41) is 8.95. The van der Waals surface area contributed by atoms with Crippen LogP contribution in [0.1, 0.15) is 29.9 Å². The second kappa shape index (κ2) is 10.8. The molecule has 25 heavy (non-hydrogen) atoms. The molecule has 0 aliphatic carbocycles. The average molecular weight is 473 g/mol. The van der Waals surface area contributed by atoms with Crippen molar-refractivity contribution in [3.05, 3.63) is 57.8 Å². The van der Waals surface area contributed by atoms with Gasteiger partial charge in [0.15, 0.2) is 5.96 Å². The van der Waals surface area contributed by atoms with E-state index < -0.39 is 0 Å². The van der Waals surface area contributed by atoms with E-state index in [0.717, 1.165) is 19.0 Å². The van der Waals surface area contributed by atoms with Gasteiger partial charge in [0.25, 0.3) is 0 Å². The fourth-order valence-corrected chi connectivity index (χ4v) is 3.33. The molecule has 0 radical (unpaired) electrons. The van der Waals surface area contributed by atoms with E-state index in [0.29, 0.717) is 6.61 Å². The molecule has 2 N–H and O–H groups in total. The molecule has 1 aromatic heterocycles. The van der Waals surface area contributed by atoms with Crippen molar-refractivity contribution < 1.29 is 4.74 Å². The summed E-state index contributed by atoms with van der Waals surface area (Å²) in [5.74, 6) is 0.812. The van der Waals surface area contributed by atoms with Gasteiger partial charge in [-0.2, -0.15) is 0 Å². The first-order valence-corrected chi connectivity index (χ1v) is 8.99. The Labute approximate surface area is 172 Å². The molecule has 0 saturated carbocycles. The monoisotopic (exact) mass is 473 g/mol. The number of aliphatic imine (C=N–C) groups is 1. The number of methoxy groups -OCH3 is 1. The summed E-state index contributed by atoms with van der Waals surface area (Å²) in [6, 6.07) is 12.6. The third kappa shape index (κ3) is 6.60. The minimum absolute atomic E-state index is 0. The van der Waals surface area contributed by atoms with Crippen LogP contribution in [0.2, 0.25) is 0 Å². The molecule has 6 heteroatoms. The van der Waals surface area contributed by atoms with Crippen LogP contribution in [0.5, 0.6) is 0 Å². The van der Waals surface area contributed by atoms with Gasteiger partial charge in [-0.1, -0.05) is 44.2 Å². The largest absolute Gasteiger partial charge is 0.380 e. The van der Waals surface area contributed by atoms with Gasteiger partial charge in [0.2, 0.25) is 0 Å². The topological polar surface area (TPSA) is 45.7 Å². The molecule has 0 spiro atoms. The SMILES string of the molecule is CN=C(NCc1ccccc1COC)NCC(C)(C)c1cccs1.I. The van der Waals surface area contributed by atoms with Gasteiger partial charge >= 0.3 is 0 Å². The molecule has 0 bridgehead atoms. The zero-order valence-corrected chi connectivity index (χ0v) is 18.5. The molecule has 0 aliphatic rings. The number of rotatable bonds is 7. The van der Waals surface area contributed by atoms with Crippen LogP contribution in [0.15, 0.2) is 46.8 Å². The van der Waals surface area contributed by atoms with Gasteiger partial charge in [-0.15, -0.1) is 35.3 Å². The third-order valence-electron chi connectivity index (χ3n) is 3.97. The summed E-state index contributed by atoms with van der Waals surface area (Å²) in [4.78, 5) is 5.70. The highest BCUT2D eigenvalue weighted by atomic mass is 127. The van der Waals surface area contributed by atoms with Crippen molar-refractivity contribution in [2.75, 3.05) is 20.7 Å². The molecule has 0 amide bonds. The van der Waals surface area contributed by atoms with E-state index in [1.54, 1.807) is 25.5 Å². The lowest BCUT2D eigenvalue weighted by atomic mass is 9.91. The zero-order chi connectivity index (χ0) is 17.4. The average Bonchev–Trinajstić information content (AvgIpc) is 3.12. The standard InChI is InChI=1S/C19H27N3OS.HI/c1-19(2,17-10-7-11-24-17)14-22-18(20-3)21-12-15-8-5-6-9-16(15)13-23-4;/h5-11H,12-14H2,1-4H3,(H2,20,21,22);1H. The van der Waals surface area contributed by atoms with Gasteiger partial charge < -0.3 is 15.4 Å². The van der Waals surface area contributed by atoms with Crippen molar-refractivity contribution in [3.8, 4) is 0 Å². The van der Waals surface area contributed by atoms with Crippen LogP contribution < -0.4 is 10.6 Å². The molecular formula is C19H28IN3OS. The second-order valence-electron chi connectivity index (χ2n) is 6.34. The Morgan fingerprint density at radius 2 is 1.84 bits per heavy atom. The van der Waals surface area contributed by atoms with Crippen LogP contribution in [0.4, 0.5) is 0 Å². The van der Waals surface area contributed by atoms with E-state index in [9.17, 15) is 0 Å². The van der Waals surface area contributed by atoms with Crippen molar-refractivity contribution in [1.82, 2.24) is 10.6 Å². The van der Waals surface area contributed by atoms with E-state index in [-0.39, 0.29) is 29.4 Å². The lowest BCUT2D eigenvalue weighted by Gasteiger charge is -2.25. The van der Waals surface area contributed by atoms with Gasteiger partial charge in [0.1, 0.15) is 0 Å². The lowest BCUT2D eigenvalue weighted by Crippen LogP contribution is -2.43. The minimum atomic E-state index is 0. The number of ether oxygens (including phenoxy) is 1. The molecular weight excluding hydrogens is 445 g/mol. The number of guanidine groups is 1. The molecule has 138 valence electrons. The molecule has 1 heterocycles. The van der Waals surface area contributed by atoms with E-state index in [2.05, 4.69) is 59.1 Å². The number of hydrogen-bond acceptors (Lipinski definition) is 3. The van der Waals surface area contributed by atoms with Crippen LogP contribution >= 0.6 is 35.3 Å². The van der Waals surface area contributed by atoms with Crippen molar-refractivity contribution in [1.29, 1.82) is 0 Å². The van der Waals surface area contributed by atoms with E-state index in [1.807, 2.05) is 12.1 Å². The summed E-state index contributed by atoms with van der Waals surface area (Å²) in [5.41, 5.74) is 2.49. The predicted molar refractivity (Wildman–Crippen MR) is 118 cm³/mol. The van der Waals surface area contributed by atoms with E-state index in [1.165, 1.54) is 16.0 Å². The van der Waals surface area contributed by atoms with Crippen molar-refractivity contribution >= 4 is 41.3 Å². The summed E-state index contributed by atoms with van der Waals surface area (Å²) < 4.78 is 5.26. The summed E-state index contributed by atoms with van der Waals surface area (Å²) in [6.45, 7) is 6.65. The van der Waals surface area contributed by atoms with Gasteiger partial charge in [0, 0.05) is 37.5 Å². The third-order valence-corrected chi connectivity index (χ3v) is 5.21. The molecule has 2 rings (SSSR count). The fourth-order valence-electron chi connectivity index (χ4n) is 2.48. The first-order valence-electron chi connectivity index (χ1n) is 8.11. The molecule has 2 aromatic rings. The Morgan fingerprint density at radius 3 is 2.44 bits per heavy atom. The normalized spacial score (nSPS) is 11.8. The Morgan fingerprint density at radius 1 is 1.12 bits per heavy atom. The maximum absolute atomic E-state index is 5.26. The predicted octanol–water partition coefficient (Wildman–Crippen LogP) is 4.16. The Balaban J connectivity index is 0.00000312. The number of nitrogens with zero attached hydrogens (tertiary/aromatic N) is 1. The summed E-state index contributed by atoms with van der Waals surface area (Å²) in [7, 11) is 3.52.